The fraction of sp³-hybridized carbons (Fsp3) is 0.286. The molecule has 0 spiro atoms. The van der Waals surface area contributed by atoms with Gasteiger partial charge in [-0.15, -0.1) is 6.58 Å². The predicted molar refractivity (Wildman–Crippen MR) is 66.9 cm³/mol. The molecule has 0 bridgehead atoms. The summed E-state index contributed by atoms with van der Waals surface area (Å²) in [4.78, 5) is 23.4. The first-order valence-corrected chi connectivity index (χ1v) is 5.58. The minimum Gasteiger partial charge on any atom is -0.468 e. The third kappa shape index (κ3) is 3.40. The molecule has 0 heterocycles. The normalized spacial score (nSPS) is 11.8. The van der Waals surface area contributed by atoms with Crippen molar-refractivity contribution in [3.63, 3.8) is 0 Å². The van der Waals surface area contributed by atoms with Crippen molar-refractivity contribution in [3.05, 3.63) is 48.3 Å². The summed E-state index contributed by atoms with van der Waals surface area (Å²) in [6.07, 6.45) is 1.40. The number of ether oxygens (including phenoxy) is 2. The number of allylic oxidation sites excluding steroid dienone is 1. The first kappa shape index (κ1) is 14.9. The van der Waals surface area contributed by atoms with Crippen LogP contribution in [0.4, 0.5) is 4.39 Å². The van der Waals surface area contributed by atoms with Crippen molar-refractivity contribution in [2.45, 2.75) is 5.92 Å². The van der Waals surface area contributed by atoms with Gasteiger partial charge >= 0.3 is 11.9 Å². The Bertz CT molecular complexity index is 468. The van der Waals surface area contributed by atoms with Crippen LogP contribution in [0.1, 0.15) is 11.5 Å². The third-order valence-corrected chi connectivity index (χ3v) is 2.76. The molecule has 0 saturated heterocycles. The van der Waals surface area contributed by atoms with Gasteiger partial charge in [0.15, 0.2) is 5.92 Å². The summed E-state index contributed by atoms with van der Waals surface area (Å²) in [5.74, 6) is -3.87. The predicted octanol–water partition coefficient (Wildman–Crippen LogP) is 2.06. The van der Waals surface area contributed by atoms with Crippen molar-refractivity contribution in [2.24, 2.45) is 5.92 Å². The summed E-state index contributed by atoms with van der Waals surface area (Å²) >= 11 is 0. The maximum atomic E-state index is 13.2. The van der Waals surface area contributed by atoms with Crippen LogP contribution in [-0.4, -0.2) is 26.2 Å². The highest BCUT2D eigenvalue weighted by Gasteiger charge is 2.36. The van der Waals surface area contributed by atoms with Crippen LogP contribution < -0.4 is 0 Å². The lowest BCUT2D eigenvalue weighted by molar-refractivity contribution is -0.159. The van der Waals surface area contributed by atoms with Crippen molar-refractivity contribution in [3.8, 4) is 0 Å². The van der Waals surface area contributed by atoms with Crippen molar-refractivity contribution >= 4 is 11.9 Å². The molecular formula is C14H15FO4. The summed E-state index contributed by atoms with van der Waals surface area (Å²) < 4.78 is 22.4. The average molecular weight is 266 g/mol. The van der Waals surface area contributed by atoms with Gasteiger partial charge in [0.05, 0.1) is 14.2 Å². The first-order chi connectivity index (χ1) is 9.04. The Morgan fingerprint density at radius 2 is 1.84 bits per heavy atom. The molecule has 0 fully saturated rings. The van der Waals surface area contributed by atoms with Crippen molar-refractivity contribution < 1.29 is 23.5 Å². The zero-order chi connectivity index (χ0) is 14.4. The van der Waals surface area contributed by atoms with Crippen LogP contribution in [0.2, 0.25) is 0 Å². The molecule has 0 aromatic heterocycles. The summed E-state index contributed by atoms with van der Waals surface area (Å²) in [6, 6.07) is 5.61. The first-order valence-electron chi connectivity index (χ1n) is 5.58. The van der Waals surface area contributed by atoms with Crippen LogP contribution in [0.5, 0.6) is 0 Å². The Balaban J connectivity index is 3.20. The number of halogens is 1. The molecule has 0 radical (unpaired) electrons. The Hall–Kier alpha value is -2.17. The van der Waals surface area contributed by atoms with E-state index in [0.29, 0.717) is 5.56 Å². The van der Waals surface area contributed by atoms with Crippen LogP contribution in [0.15, 0.2) is 36.9 Å². The van der Waals surface area contributed by atoms with E-state index in [4.69, 9.17) is 0 Å². The molecule has 19 heavy (non-hydrogen) atoms. The zero-order valence-corrected chi connectivity index (χ0v) is 10.8. The minimum absolute atomic E-state index is 0.454. The van der Waals surface area contributed by atoms with E-state index in [2.05, 4.69) is 16.1 Å². The lowest BCUT2D eigenvalue weighted by atomic mass is 9.86. The number of carbonyl (C=O) groups excluding carboxylic acids is 2. The molecule has 102 valence electrons. The smallest absolute Gasteiger partial charge is 0.321 e. The van der Waals surface area contributed by atoms with E-state index < -0.39 is 29.6 Å². The van der Waals surface area contributed by atoms with Crippen LogP contribution >= 0.6 is 0 Å². The van der Waals surface area contributed by atoms with Gasteiger partial charge in [0.2, 0.25) is 0 Å². The second-order valence-corrected chi connectivity index (χ2v) is 3.84. The van der Waals surface area contributed by atoms with E-state index in [1.807, 2.05) is 0 Å². The molecule has 4 nitrogen and oxygen atoms in total. The summed E-state index contributed by atoms with van der Waals surface area (Å²) in [7, 11) is 2.34. The van der Waals surface area contributed by atoms with Gasteiger partial charge in [-0.05, 0) is 17.7 Å². The van der Waals surface area contributed by atoms with Crippen molar-refractivity contribution in [1.29, 1.82) is 0 Å². The van der Waals surface area contributed by atoms with E-state index in [-0.39, 0.29) is 0 Å². The van der Waals surface area contributed by atoms with Crippen LogP contribution in [0.25, 0.3) is 0 Å². The molecule has 1 rings (SSSR count). The van der Waals surface area contributed by atoms with E-state index >= 15 is 0 Å². The Morgan fingerprint density at radius 3 is 2.26 bits per heavy atom. The Labute approximate surface area is 110 Å². The molecule has 1 atom stereocenters. The fourth-order valence-electron chi connectivity index (χ4n) is 1.82. The van der Waals surface area contributed by atoms with E-state index in [0.717, 1.165) is 0 Å². The molecule has 1 aromatic carbocycles. The highest BCUT2D eigenvalue weighted by Crippen LogP contribution is 2.28. The molecule has 0 aliphatic rings. The van der Waals surface area contributed by atoms with Crippen LogP contribution in [-0.2, 0) is 19.1 Å². The number of hydrogen-bond donors (Lipinski definition) is 0. The second-order valence-electron chi connectivity index (χ2n) is 3.84. The lowest BCUT2D eigenvalue weighted by Crippen LogP contribution is -2.31. The van der Waals surface area contributed by atoms with Crippen LogP contribution in [0, 0.1) is 11.7 Å². The summed E-state index contributed by atoms with van der Waals surface area (Å²) in [5, 5.41) is 0. The van der Waals surface area contributed by atoms with Crippen molar-refractivity contribution in [2.75, 3.05) is 14.2 Å². The molecule has 0 aliphatic heterocycles. The summed E-state index contributed by atoms with van der Waals surface area (Å²) in [5.41, 5.74) is 0.454. The fourth-order valence-corrected chi connectivity index (χ4v) is 1.82. The SMILES string of the molecule is C=C[C@H](c1cccc(F)c1)C(C(=O)OC)C(=O)OC. The van der Waals surface area contributed by atoms with Gasteiger partial charge in [-0.3, -0.25) is 9.59 Å². The van der Waals surface area contributed by atoms with Gasteiger partial charge in [-0.2, -0.15) is 0 Å². The van der Waals surface area contributed by atoms with Gasteiger partial charge in [0.25, 0.3) is 0 Å². The van der Waals surface area contributed by atoms with Crippen LogP contribution in [0.3, 0.4) is 0 Å². The van der Waals surface area contributed by atoms with E-state index in [1.165, 1.54) is 38.5 Å². The molecule has 0 aliphatic carbocycles. The number of rotatable bonds is 5. The van der Waals surface area contributed by atoms with Gasteiger partial charge in [-0.25, -0.2) is 4.39 Å². The maximum Gasteiger partial charge on any atom is 0.321 e. The third-order valence-electron chi connectivity index (χ3n) is 2.76. The standard InChI is InChI=1S/C14H15FO4/c1-4-11(9-6-5-7-10(15)8-9)12(13(16)18-2)14(17)19-3/h4-8,11-12H,1H2,2-3H3/t11-/m1/s1. The van der Waals surface area contributed by atoms with Gasteiger partial charge < -0.3 is 9.47 Å². The number of hydrogen-bond acceptors (Lipinski definition) is 4. The average Bonchev–Trinajstić information content (AvgIpc) is 2.43. The van der Waals surface area contributed by atoms with E-state index in [9.17, 15) is 14.0 Å². The number of methoxy groups -OCH3 is 2. The van der Waals surface area contributed by atoms with Crippen molar-refractivity contribution in [1.82, 2.24) is 0 Å². The van der Waals surface area contributed by atoms with Gasteiger partial charge in [0.1, 0.15) is 5.82 Å². The highest BCUT2D eigenvalue weighted by atomic mass is 19.1. The highest BCUT2D eigenvalue weighted by molar-refractivity contribution is 5.96. The number of benzene rings is 1. The maximum absolute atomic E-state index is 13.2. The quantitative estimate of drug-likeness (QED) is 0.465. The van der Waals surface area contributed by atoms with Gasteiger partial charge in [0, 0.05) is 5.92 Å². The molecule has 0 unspecified atom stereocenters. The summed E-state index contributed by atoms with van der Waals surface area (Å²) in [6.45, 7) is 3.58. The minimum atomic E-state index is -1.20. The number of carbonyl (C=O) groups is 2. The molecule has 5 heteroatoms. The zero-order valence-electron chi connectivity index (χ0n) is 10.8. The Morgan fingerprint density at radius 1 is 1.26 bits per heavy atom. The molecule has 0 N–H and O–H groups in total. The molecule has 0 saturated carbocycles. The number of esters is 2. The lowest BCUT2D eigenvalue weighted by Gasteiger charge is -2.20. The monoisotopic (exact) mass is 266 g/mol. The topological polar surface area (TPSA) is 52.6 Å². The van der Waals surface area contributed by atoms with Gasteiger partial charge in [-0.1, -0.05) is 18.2 Å². The molecular weight excluding hydrogens is 251 g/mol. The largest absolute Gasteiger partial charge is 0.468 e. The molecule has 1 aromatic rings. The van der Waals surface area contributed by atoms with E-state index in [1.54, 1.807) is 6.07 Å². The molecule has 0 amide bonds. The second kappa shape index (κ2) is 6.68. The Kier molecular flexibility index (Phi) is 5.23.